The van der Waals surface area contributed by atoms with Crippen molar-refractivity contribution < 1.29 is 13.2 Å². The lowest BCUT2D eigenvalue weighted by molar-refractivity contribution is -0.137. The lowest BCUT2D eigenvalue weighted by Gasteiger charge is -2.07. The Kier molecular flexibility index (Phi) is 2.85. The molecule has 0 saturated carbocycles. The topological polar surface area (TPSA) is 74.5 Å². The van der Waals surface area contributed by atoms with Crippen molar-refractivity contribution in [3.8, 4) is 0 Å². The Morgan fingerprint density at radius 2 is 2.05 bits per heavy atom. The summed E-state index contributed by atoms with van der Waals surface area (Å²) in [7, 11) is 1.77. The lowest BCUT2D eigenvalue weighted by Crippen LogP contribution is -2.09. The molecule has 6 nitrogen and oxygen atoms in total. The maximum atomic E-state index is 12.7. The molecular formula is C12H11F3N6. The van der Waals surface area contributed by atoms with Gasteiger partial charge < -0.3 is 14.9 Å². The molecule has 0 radical (unpaired) electrons. The Morgan fingerprint density at radius 1 is 1.29 bits per heavy atom. The highest BCUT2D eigenvalue weighted by Gasteiger charge is 2.31. The number of hydrogen-bond acceptors (Lipinski definition) is 4. The quantitative estimate of drug-likeness (QED) is 0.782. The van der Waals surface area contributed by atoms with Crippen molar-refractivity contribution in [3.63, 3.8) is 0 Å². The number of fused-ring (bicyclic) bond motifs is 1. The van der Waals surface area contributed by atoms with E-state index >= 15 is 0 Å². The third kappa shape index (κ3) is 2.30. The van der Waals surface area contributed by atoms with E-state index in [0.29, 0.717) is 11.3 Å². The first-order valence-corrected chi connectivity index (χ1v) is 6.02. The highest BCUT2D eigenvalue weighted by molar-refractivity contribution is 5.79. The van der Waals surface area contributed by atoms with Gasteiger partial charge >= 0.3 is 6.18 Å². The average molecular weight is 296 g/mol. The summed E-state index contributed by atoms with van der Waals surface area (Å²) < 4.78 is 41.4. The molecule has 3 rings (SSSR count). The van der Waals surface area contributed by atoms with E-state index < -0.39 is 11.7 Å². The van der Waals surface area contributed by atoms with Crippen molar-refractivity contribution in [1.82, 2.24) is 24.3 Å². The number of rotatable bonds is 2. The van der Waals surface area contributed by atoms with Gasteiger partial charge in [0.1, 0.15) is 6.33 Å². The molecule has 9 heteroatoms. The second kappa shape index (κ2) is 4.47. The van der Waals surface area contributed by atoms with Gasteiger partial charge in [0.05, 0.1) is 23.1 Å². The molecule has 0 amide bonds. The van der Waals surface area contributed by atoms with E-state index in [1.807, 2.05) is 0 Å². The van der Waals surface area contributed by atoms with Crippen LogP contribution in [0.4, 0.5) is 19.1 Å². The molecule has 0 fully saturated rings. The summed E-state index contributed by atoms with van der Waals surface area (Å²) in [5.41, 5.74) is 5.76. The number of benzene rings is 1. The minimum atomic E-state index is -4.41. The van der Waals surface area contributed by atoms with Crippen LogP contribution >= 0.6 is 0 Å². The van der Waals surface area contributed by atoms with E-state index in [9.17, 15) is 13.2 Å². The van der Waals surface area contributed by atoms with Crippen molar-refractivity contribution in [2.75, 3.05) is 5.73 Å². The van der Waals surface area contributed by atoms with Gasteiger partial charge in [-0.3, -0.25) is 0 Å². The normalized spacial score (nSPS) is 12.2. The highest BCUT2D eigenvalue weighted by Crippen LogP contribution is 2.31. The molecule has 110 valence electrons. The molecule has 2 aromatic heterocycles. The molecule has 0 aliphatic rings. The Balaban J connectivity index is 2.08. The minimum Gasteiger partial charge on any atom is -0.369 e. The molecule has 0 bridgehead atoms. The number of aryl methyl sites for hydroxylation is 1. The number of alkyl halides is 3. The van der Waals surface area contributed by atoms with Crippen LogP contribution in [-0.2, 0) is 19.8 Å². The molecule has 21 heavy (non-hydrogen) atoms. The van der Waals surface area contributed by atoms with E-state index in [1.54, 1.807) is 16.2 Å². The maximum Gasteiger partial charge on any atom is 0.416 e. The van der Waals surface area contributed by atoms with Gasteiger partial charge in [0.25, 0.3) is 0 Å². The van der Waals surface area contributed by atoms with E-state index in [4.69, 9.17) is 5.73 Å². The first-order valence-electron chi connectivity index (χ1n) is 6.02. The summed E-state index contributed by atoms with van der Waals surface area (Å²) in [6.07, 6.45) is -2.87. The van der Waals surface area contributed by atoms with Crippen molar-refractivity contribution in [3.05, 3.63) is 35.9 Å². The number of halogens is 3. The summed E-state index contributed by atoms with van der Waals surface area (Å²) in [6.45, 7) is 0.282. The largest absolute Gasteiger partial charge is 0.416 e. The second-order valence-corrected chi connectivity index (χ2v) is 4.62. The van der Waals surface area contributed by atoms with Crippen molar-refractivity contribution in [2.45, 2.75) is 12.7 Å². The number of nitrogen functional groups attached to an aromatic ring is 1. The van der Waals surface area contributed by atoms with Crippen LogP contribution in [0.1, 0.15) is 11.4 Å². The molecular weight excluding hydrogens is 285 g/mol. The van der Waals surface area contributed by atoms with Crippen LogP contribution in [0.5, 0.6) is 0 Å². The zero-order chi connectivity index (χ0) is 15.2. The lowest BCUT2D eigenvalue weighted by atomic mass is 10.2. The van der Waals surface area contributed by atoms with Crippen LogP contribution in [0.2, 0.25) is 0 Å². The van der Waals surface area contributed by atoms with Crippen LogP contribution in [0.25, 0.3) is 11.0 Å². The first-order chi connectivity index (χ1) is 9.86. The molecule has 0 aliphatic carbocycles. The standard InChI is InChI=1S/C12H11F3N6/c1-20-6-17-19-10(20)5-21-9-3-2-7(12(13,14)15)4-8(9)18-11(21)16/h2-4,6H,5H2,1H3,(H2,16,18). The summed E-state index contributed by atoms with van der Waals surface area (Å²) in [5.74, 6) is 0.758. The van der Waals surface area contributed by atoms with Gasteiger partial charge in [-0.05, 0) is 18.2 Å². The average Bonchev–Trinajstić information content (AvgIpc) is 2.93. The summed E-state index contributed by atoms with van der Waals surface area (Å²) >= 11 is 0. The number of aromatic nitrogens is 5. The number of nitrogens with zero attached hydrogens (tertiary/aromatic N) is 5. The summed E-state index contributed by atoms with van der Waals surface area (Å²) in [6, 6.07) is 3.35. The molecule has 0 spiro atoms. The van der Waals surface area contributed by atoms with Gasteiger partial charge in [0, 0.05) is 7.05 Å². The van der Waals surface area contributed by atoms with Crippen LogP contribution in [0.3, 0.4) is 0 Å². The molecule has 2 N–H and O–H groups in total. The molecule has 3 aromatic rings. The first kappa shape index (κ1) is 13.4. The molecule has 0 aliphatic heterocycles. The van der Waals surface area contributed by atoms with Crippen molar-refractivity contribution >= 4 is 17.0 Å². The fourth-order valence-electron chi connectivity index (χ4n) is 2.08. The predicted molar refractivity (Wildman–Crippen MR) is 69.3 cm³/mol. The fraction of sp³-hybridized carbons (Fsp3) is 0.250. The van der Waals surface area contributed by atoms with Gasteiger partial charge in [-0.15, -0.1) is 10.2 Å². The summed E-state index contributed by atoms with van der Waals surface area (Å²) in [5, 5.41) is 7.67. The van der Waals surface area contributed by atoms with Gasteiger partial charge in [-0.1, -0.05) is 0 Å². The van der Waals surface area contributed by atoms with Gasteiger partial charge in [0.2, 0.25) is 5.95 Å². The fourth-order valence-corrected chi connectivity index (χ4v) is 2.08. The molecule has 2 heterocycles. The van der Waals surface area contributed by atoms with E-state index in [0.717, 1.165) is 12.1 Å². The van der Waals surface area contributed by atoms with Crippen molar-refractivity contribution in [1.29, 1.82) is 0 Å². The Morgan fingerprint density at radius 3 is 2.67 bits per heavy atom. The number of anilines is 1. The van der Waals surface area contributed by atoms with Crippen LogP contribution in [-0.4, -0.2) is 24.3 Å². The smallest absolute Gasteiger partial charge is 0.369 e. The van der Waals surface area contributed by atoms with E-state index in [1.165, 1.54) is 12.4 Å². The molecule has 0 saturated heterocycles. The zero-order valence-corrected chi connectivity index (χ0v) is 11.0. The highest BCUT2D eigenvalue weighted by atomic mass is 19.4. The number of hydrogen-bond donors (Lipinski definition) is 1. The van der Waals surface area contributed by atoms with E-state index in [-0.39, 0.29) is 18.0 Å². The number of imidazole rings is 1. The van der Waals surface area contributed by atoms with Crippen LogP contribution in [0, 0.1) is 0 Å². The van der Waals surface area contributed by atoms with Crippen LogP contribution in [0.15, 0.2) is 24.5 Å². The van der Waals surface area contributed by atoms with Crippen molar-refractivity contribution in [2.24, 2.45) is 7.05 Å². The maximum absolute atomic E-state index is 12.7. The molecule has 0 unspecified atom stereocenters. The van der Waals surface area contributed by atoms with Gasteiger partial charge in [-0.25, -0.2) is 4.98 Å². The third-order valence-corrected chi connectivity index (χ3v) is 3.21. The molecule has 1 aromatic carbocycles. The SMILES string of the molecule is Cn1cnnc1Cn1c(N)nc2cc(C(F)(F)F)ccc21. The number of nitrogens with two attached hydrogens (primary N) is 1. The van der Waals surface area contributed by atoms with Crippen LogP contribution < -0.4 is 5.73 Å². The third-order valence-electron chi connectivity index (χ3n) is 3.21. The predicted octanol–water partition coefficient (Wildman–Crippen LogP) is 1.81. The second-order valence-electron chi connectivity index (χ2n) is 4.62. The monoisotopic (exact) mass is 296 g/mol. The van der Waals surface area contributed by atoms with Gasteiger partial charge in [0.15, 0.2) is 5.82 Å². The summed E-state index contributed by atoms with van der Waals surface area (Å²) in [4.78, 5) is 3.98. The molecule has 0 atom stereocenters. The minimum absolute atomic E-state index is 0.132. The Labute approximate surface area is 117 Å². The van der Waals surface area contributed by atoms with E-state index in [2.05, 4.69) is 15.2 Å². The van der Waals surface area contributed by atoms with Gasteiger partial charge in [-0.2, -0.15) is 13.2 Å². The zero-order valence-electron chi connectivity index (χ0n) is 11.0. The Bertz CT molecular complexity index is 801. The Hall–Kier alpha value is -2.58.